The van der Waals surface area contributed by atoms with E-state index in [9.17, 15) is 10.1 Å². The van der Waals surface area contributed by atoms with Crippen molar-refractivity contribution >= 4 is 28.4 Å². The number of anilines is 1. The number of nitriles is 1. The second-order valence-corrected chi connectivity index (χ2v) is 7.71. The summed E-state index contributed by atoms with van der Waals surface area (Å²) in [7, 11) is 0. The maximum atomic E-state index is 12.3. The summed E-state index contributed by atoms with van der Waals surface area (Å²) in [5.74, 6) is -0.425. The van der Waals surface area contributed by atoms with Crippen LogP contribution in [0.2, 0.25) is 0 Å². The average molecular weight is 438 g/mol. The fraction of sp³-hybridized carbons (Fsp3) is 0.440. The molecule has 0 bridgehead atoms. The van der Waals surface area contributed by atoms with Crippen LogP contribution in [0.5, 0.6) is 0 Å². The summed E-state index contributed by atoms with van der Waals surface area (Å²) in [5, 5.41) is 22.9. The van der Waals surface area contributed by atoms with Gasteiger partial charge in [-0.2, -0.15) is 5.26 Å². The molecular formula is C25H31N3O4. The van der Waals surface area contributed by atoms with Crippen molar-refractivity contribution in [2.75, 3.05) is 51.0 Å². The molecule has 0 aliphatic carbocycles. The zero-order valence-electron chi connectivity index (χ0n) is 18.5. The van der Waals surface area contributed by atoms with Crippen LogP contribution in [-0.2, 0) is 14.3 Å². The van der Waals surface area contributed by atoms with Gasteiger partial charge in [-0.3, -0.25) is 4.79 Å². The highest BCUT2D eigenvalue weighted by Crippen LogP contribution is 2.31. The minimum absolute atomic E-state index is 0.0183. The van der Waals surface area contributed by atoms with Crippen LogP contribution in [0.15, 0.2) is 42.0 Å². The fourth-order valence-corrected chi connectivity index (χ4v) is 3.76. The van der Waals surface area contributed by atoms with Gasteiger partial charge in [0.05, 0.1) is 33.0 Å². The molecule has 0 spiro atoms. The summed E-state index contributed by atoms with van der Waals surface area (Å²) in [4.78, 5) is 14.8. The Kier molecular flexibility index (Phi) is 9.05. The predicted molar refractivity (Wildman–Crippen MR) is 125 cm³/mol. The maximum absolute atomic E-state index is 12.3. The number of nitrogens with zero attached hydrogens (tertiary/aromatic N) is 2. The quantitative estimate of drug-likeness (QED) is 0.301. The highest BCUT2D eigenvalue weighted by atomic mass is 16.5. The van der Waals surface area contributed by atoms with E-state index >= 15 is 0 Å². The van der Waals surface area contributed by atoms with Crippen LogP contribution in [0.1, 0.15) is 25.3 Å². The molecule has 0 radical (unpaired) electrons. The Labute approximate surface area is 189 Å². The number of carbonyl (C=O) groups excluding carboxylic acids is 1. The number of fused-ring (bicyclic) bond motifs is 1. The molecule has 7 heteroatoms. The third kappa shape index (κ3) is 6.30. The minimum atomic E-state index is -0.425. The fourth-order valence-electron chi connectivity index (χ4n) is 3.76. The molecule has 2 aromatic rings. The van der Waals surface area contributed by atoms with Gasteiger partial charge in [-0.1, -0.05) is 25.1 Å². The van der Waals surface area contributed by atoms with E-state index in [-0.39, 0.29) is 18.8 Å². The number of benzene rings is 2. The number of hydrogen-bond acceptors (Lipinski definition) is 6. The van der Waals surface area contributed by atoms with E-state index < -0.39 is 5.91 Å². The molecule has 1 unspecified atom stereocenters. The van der Waals surface area contributed by atoms with Crippen molar-refractivity contribution in [2.24, 2.45) is 0 Å². The van der Waals surface area contributed by atoms with E-state index in [1.807, 2.05) is 24.3 Å². The molecule has 2 N–H and O–H groups in total. The molecule has 1 fully saturated rings. The number of aliphatic hydroxyl groups is 1. The van der Waals surface area contributed by atoms with Gasteiger partial charge in [0.2, 0.25) is 0 Å². The molecule has 0 saturated carbocycles. The molecule has 1 atom stereocenters. The van der Waals surface area contributed by atoms with Crippen LogP contribution in [0, 0.1) is 11.3 Å². The van der Waals surface area contributed by atoms with E-state index in [0.717, 1.165) is 29.3 Å². The number of nitrogens with one attached hydrogen (secondary N) is 1. The lowest BCUT2D eigenvalue weighted by Crippen LogP contribution is -2.47. The molecule has 2 aromatic carbocycles. The number of ether oxygens (including phenoxy) is 2. The zero-order chi connectivity index (χ0) is 22.8. The molecule has 1 heterocycles. The Bertz CT molecular complexity index is 981. The first-order valence-electron chi connectivity index (χ1n) is 11.1. The van der Waals surface area contributed by atoms with E-state index in [1.165, 1.54) is 12.1 Å². The van der Waals surface area contributed by atoms with E-state index in [1.54, 1.807) is 6.08 Å². The topological polar surface area (TPSA) is 94.8 Å². The van der Waals surface area contributed by atoms with Gasteiger partial charge in [0.1, 0.15) is 11.6 Å². The Morgan fingerprint density at radius 1 is 1.19 bits per heavy atom. The molecular weight excluding hydrogens is 406 g/mol. The molecule has 1 aliphatic rings. The SMILES string of the molecule is CCC1CCN1c1ccc2cc(/C=C(\C#N)C(=O)NCCOCCOCCO)ccc2c1. The number of carbonyl (C=O) groups is 1. The molecule has 1 aliphatic heterocycles. The highest BCUT2D eigenvalue weighted by Gasteiger charge is 2.26. The Morgan fingerprint density at radius 3 is 2.62 bits per heavy atom. The lowest BCUT2D eigenvalue weighted by molar-refractivity contribution is -0.117. The predicted octanol–water partition coefficient (Wildman–Crippen LogP) is 2.88. The van der Waals surface area contributed by atoms with E-state index in [0.29, 0.717) is 32.4 Å². The van der Waals surface area contributed by atoms with Gasteiger partial charge in [0.25, 0.3) is 5.91 Å². The van der Waals surface area contributed by atoms with Crippen LogP contribution >= 0.6 is 0 Å². The van der Waals surface area contributed by atoms with Crippen molar-refractivity contribution in [1.82, 2.24) is 5.32 Å². The van der Waals surface area contributed by atoms with Gasteiger partial charge >= 0.3 is 0 Å². The summed E-state index contributed by atoms with van der Waals surface area (Å²) < 4.78 is 10.4. The third-order valence-electron chi connectivity index (χ3n) is 5.61. The smallest absolute Gasteiger partial charge is 0.262 e. The summed E-state index contributed by atoms with van der Waals surface area (Å²) in [6.45, 7) is 4.98. The largest absolute Gasteiger partial charge is 0.394 e. The molecule has 170 valence electrons. The van der Waals surface area contributed by atoms with Crippen molar-refractivity contribution in [2.45, 2.75) is 25.8 Å². The van der Waals surface area contributed by atoms with Crippen molar-refractivity contribution in [3.8, 4) is 6.07 Å². The van der Waals surface area contributed by atoms with Crippen LogP contribution < -0.4 is 10.2 Å². The first kappa shape index (κ1) is 23.7. The van der Waals surface area contributed by atoms with Crippen molar-refractivity contribution in [3.05, 3.63) is 47.5 Å². The second-order valence-electron chi connectivity index (χ2n) is 7.71. The normalized spacial score (nSPS) is 16.0. The highest BCUT2D eigenvalue weighted by molar-refractivity contribution is 6.02. The van der Waals surface area contributed by atoms with Crippen molar-refractivity contribution < 1.29 is 19.4 Å². The molecule has 0 aromatic heterocycles. The number of amides is 1. The molecule has 1 amide bonds. The second kappa shape index (κ2) is 12.2. The van der Waals surface area contributed by atoms with Crippen LogP contribution in [0.25, 0.3) is 16.8 Å². The van der Waals surface area contributed by atoms with Crippen molar-refractivity contribution in [3.63, 3.8) is 0 Å². The zero-order valence-corrected chi connectivity index (χ0v) is 18.5. The number of hydrogen-bond donors (Lipinski definition) is 2. The average Bonchev–Trinajstić information content (AvgIpc) is 2.78. The number of rotatable bonds is 12. The van der Waals surface area contributed by atoms with Crippen molar-refractivity contribution in [1.29, 1.82) is 5.26 Å². The summed E-state index contributed by atoms with van der Waals surface area (Å²) in [5.41, 5.74) is 2.11. The summed E-state index contributed by atoms with van der Waals surface area (Å²) >= 11 is 0. The first-order chi connectivity index (χ1) is 15.7. The molecule has 32 heavy (non-hydrogen) atoms. The van der Waals surface area contributed by atoms with Crippen LogP contribution in [0.3, 0.4) is 0 Å². The first-order valence-corrected chi connectivity index (χ1v) is 11.1. The number of aliphatic hydroxyl groups excluding tert-OH is 1. The molecule has 3 rings (SSSR count). The molecule has 7 nitrogen and oxygen atoms in total. The Balaban J connectivity index is 1.56. The van der Waals surface area contributed by atoms with Crippen LogP contribution in [0.4, 0.5) is 5.69 Å². The maximum Gasteiger partial charge on any atom is 0.262 e. The third-order valence-corrected chi connectivity index (χ3v) is 5.61. The van der Waals surface area contributed by atoms with Gasteiger partial charge in [0.15, 0.2) is 0 Å². The van der Waals surface area contributed by atoms with Gasteiger partial charge in [-0.25, -0.2) is 0 Å². The van der Waals surface area contributed by atoms with Gasteiger partial charge in [-0.15, -0.1) is 0 Å². The summed E-state index contributed by atoms with van der Waals surface area (Å²) in [6, 6.07) is 15.0. The monoisotopic (exact) mass is 437 g/mol. The van der Waals surface area contributed by atoms with Gasteiger partial charge in [0, 0.05) is 24.8 Å². The summed E-state index contributed by atoms with van der Waals surface area (Å²) in [6.07, 6.45) is 4.02. The van der Waals surface area contributed by atoms with E-state index in [2.05, 4.69) is 35.3 Å². The Morgan fingerprint density at radius 2 is 1.94 bits per heavy atom. The minimum Gasteiger partial charge on any atom is -0.394 e. The van der Waals surface area contributed by atoms with E-state index in [4.69, 9.17) is 14.6 Å². The lowest BCUT2D eigenvalue weighted by atomic mass is 9.98. The Hall–Kier alpha value is -2.92. The van der Waals surface area contributed by atoms with Crippen LogP contribution in [-0.4, -0.2) is 63.2 Å². The standard InChI is InChI=1S/C25H31N3O4/c1-2-23-7-9-28(23)24-6-5-20-15-19(3-4-21(20)17-24)16-22(18-26)25(30)27-8-11-31-13-14-32-12-10-29/h3-6,15-17,23,29H,2,7-14H2,1H3,(H,27,30)/b22-16+. The lowest BCUT2D eigenvalue weighted by Gasteiger charge is -2.42. The molecule has 1 saturated heterocycles. The van der Waals surface area contributed by atoms with Gasteiger partial charge < -0.3 is 24.8 Å². The van der Waals surface area contributed by atoms with Gasteiger partial charge in [-0.05, 0) is 53.5 Å².